The fraction of sp³-hybridized carbons (Fsp3) is 0.154. The van der Waals surface area contributed by atoms with Crippen LogP contribution in [-0.4, -0.2) is 20.9 Å². The van der Waals surface area contributed by atoms with Gasteiger partial charge in [0.1, 0.15) is 11.6 Å². The Morgan fingerprint density at radius 2 is 1.56 bits per heavy atom. The van der Waals surface area contributed by atoms with Gasteiger partial charge in [-0.05, 0) is 48.7 Å². The molecule has 0 unspecified atom stereocenters. The van der Waals surface area contributed by atoms with Gasteiger partial charge in [-0.15, -0.1) is 0 Å². The maximum Gasteiger partial charge on any atom is 0.255 e. The van der Waals surface area contributed by atoms with E-state index in [1.54, 1.807) is 24.3 Å². The fourth-order valence-corrected chi connectivity index (χ4v) is 3.50. The van der Waals surface area contributed by atoms with Crippen molar-refractivity contribution in [2.75, 3.05) is 16.1 Å². The number of carbonyl (C=O) groups is 1. The molecule has 0 saturated heterocycles. The number of anilines is 3. The third-order valence-electron chi connectivity index (χ3n) is 5.30. The van der Waals surface area contributed by atoms with Crippen LogP contribution in [0.25, 0.3) is 0 Å². The van der Waals surface area contributed by atoms with Gasteiger partial charge in [-0.2, -0.15) is 9.97 Å². The molecule has 0 fully saturated rings. The van der Waals surface area contributed by atoms with Crippen LogP contribution in [0.5, 0.6) is 0 Å². The molecule has 8 nitrogen and oxygen atoms in total. The Morgan fingerprint density at radius 3 is 2.29 bits per heavy atom. The monoisotopic (exact) mass is 453 g/mol. The molecule has 1 amide bonds. The quantitative estimate of drug-likeness (QED) is 0.211. The van der Waals surface area contributed by atoms with Crippen LogP contribution in [0.4, 0.5) is 17.3 Å². The predicted octanol–water partition coefficient (Wildman–Crippen LogP) is 3.68. The summed E-state index contributed by atoms with van der Waals surface area (Å²) in [4.78, 5) is 25.9. The number of hydrazine groups is 1. The number of benzene rings is 3. The minimum absolute atomic E-state index is 0.231. The number of nitrogens with zero attached hydrogens (tertiary/aromatic N) is 4. The molecule has 0 radical (unpaired) electrons. The van der Waals surface area contributed by atoms with E-state index in [0.717, 1.165) is 12.0 Å². The van der Waals surface area contributed by atoms with Gasteiger partial charge in [-0.3, -0.25) is 9.80 Å². The lowest BCUT2D eigenvalue weighted by Crippen LogP contribution is -2.32. The molecule has 8 heteroatoms. The zero-order valence-corrected chi connectivity index (χ0v) is 19.0. The van der Waals surface area contributed by atoms with Crippen molar-refractivity contribution in [3.63, 3.8) is 0 Å². The Morgan fingerprint density at radius 1 is 0.853 bits per heavy atom. The summed E-state index contributed by atoms with van der Waals surface area (Å²) >= 11 is 0. The number of hydrogen-bond acceptors (Lipinski definition) is 7. The average molecular weight is 454 g/mol. The summed E-state index contributed by atoms with van der Waals surface area (Å²) in [7, 11) is 0. The second kappa shape index (κ2) is 10.5. The smallest absolute Gasteiger partial charge is 0.255 e. The molecule has 0 aliphatic heterocycles. The maximum absolute atomic E-state index is 12.5. The number of para-hydroxylation sites is 2. The van der Waals surface area contributed by atoms with Gasteiger partial charge in [-0.25, -0.2) is 10.8 Å². The number of nitrogen functional groups attached to an aromatic ring is 1. The highest BCUT2D eigenvalue weighted by molar-refractivity contribution is 6.05. The van der Waals surface area contributed by atoms with Crippen molar-refractivity contribution >= 4 is 23.2 Å². The Bertz CT molecular complexity index is 1260. The summed E-state index contributed by atoms with van der Waals surface area (Å²) in [6.45, 7) is 2.22. The average Bonchev–Trinajstić information content (AvgIpc) is 2.85. The number of carbonyl (C=O) groups excluding carboxylic acids is 1. The highest BCUT2D eigenvalue weighted by Crippen LogP contribution is 2.18. The lowest BCUT2D eigenvalue weighted by Gasteiger charge is -2.17. The number of hydrogen-bond donors (Lipinski definition) is 3. The van der Waals surface area contributed by atoms with Gasteiger partial charge in [0.25, 0.3) is 5.91 Å². The summed E-state index contributed by atoms with van der Waals surface area (Å²) in [5.41, 5.74) is 9.67. The molecule has 34 heavy (non-hydrogen) atoms. The van der Waals surface area contributed by atoms with Crippen molar-refractivity contribution < 1.29 is 4.79 Å². The number of aromatic nitrogens is 3. The molecule has 0 aliphatic carbocycles. The van der Waals surface area contributed by atoms with Gasteiger partial charge >= 0.3 is 0 Å². The van der Waals surface area contributed by atoms with Crippen LogP contribution >= 0.6 is 0 Å². The van der Waals surface area contributed by atoms with Crippen molar-refractivity contribution in [3.8, 4) is 0 Å². The number of nitrogens with two attached hydrogens (primary N) is 2. The topological polar surface area (TPSA) is 123 Å². The first kappa shape index (κ1) is 22.9. The maximum atomic E-state index is 12.5. The zero-order chi connectivity index (χ0) is 23.9. The van der Waals surface area contributed by atoms with Crippen LogP contribution < -0.4 is 21.9 Å². The molecule has 4 aromatic rings. The first-order chi connectivity index (χ1) is 16.5. The van der Waals surface area contributed by atoms with E-state index < -0.39 is 0 Å². The molecule has 3 aromatic carbocycles. The highest BCUT2D eigenvalue weighted by Gasteiger charge is 2.12. The van der Waals surface area contributed by atoms with Crippen molar-refractivity contribution in [1.82, 2.24) is 15.0 Å². The summed E-state index contributed by atoms with van der Waals surface area (Å²) in [6, 6.07) is 24.6. The van der Waals surface area contributed by atoms with E-state index in [1.165, 1.54) is 10.6 Å². The van der Waals surface area contributed by atoms with E-state index >= 15 is 0 Å². The van der Waals surface area contributed by atoms with E-state index in [0.29, 0.717) is 47.5 Å². The minimum atomic E-state index is -0.231. The van der Waals surface area contributed by atoms with Crippen molar-refractivity contribution in [1.29, 1.82) is 0 Å². The molecule has 0 bridgehead atoms. The van der Waals surface area contributed by atoms with E-state index in [4.69, 9.17) is 11.6 Å². The fourth-order valence-electron chi connectivity index (χ4n) is 3.50. The lowest BCUT2D eigenvalue weighted by molar-refractivity contribution is 0.102. The second-order valence-corrected chi connectivity index (χ2v) is 7.95. The summed E-state index contributed by atoms with van der Waals surface area (Å²) in [5, 5.41) is 4.31. The number of rotatable bonds is 8. The van der Waals surface area contributed by atoms with Gasteiger partial charge in [0.05, 0.1) is 17.9 Å². The number of aryl methyl sites for hydroxylation is 3. The lowest BCUT2D eigenvalue weighted by atomic mass is 10.1. The van der Waals surface area contributed by atoms with Crippen LogP contribution in [0, 0.1) is 6.92 Å². The first-order valence-corrected chi connectivity index (χ1v) is 11.0. The Kier molecular flexibility index (Phi) is 7.10. The molecule has 0 aliphatic rings. The number of amides is 1. The molecule has 172 valence electrons. The molecule has 5 N–H and O–H groups in total. The molecule has 0 spiro atoms. The van der Waals surface area contributed by atoms with Crippen LogP contribution in [0.1, 0.15) is 33.1 Å². The van der Waals surface area contributed by atoms with Crippen molar-refractivity contribution in [3.05, 3.63) is 107 Å². The largest absolute Gasteiger partial charge is 0.397 e. The van der Waals surface area contributed by atoms with Gasteiger partial charge in [0.15, 0.2) is 0 Å². The molecule has 0 saturated carbocycles. The summed E-state index contributed by atoms with van der Waals surface area (Å²) in [5.74, 6) is 7.78. The normalized spacial score (nSPS) is 10.6. The van der Waals surface area contributed by atoms with Crippen LogP contribution in [0.3, 0.4) is 0 Å². The highest BCUT2D eigenvalue weighted by atomic mass is 16.1. The Balaban J connectivity index is 1.39. The molecular formula is C26H27N7O. The van der Waals surface area contributed by atoms with Crippen LogP contribution in [0.15, 0.2) is 78.9 Å². The molecular weight excluding hydrogens is 426 g/mol. The summed E-state index contributed by atoms with van der Waals surface area (Å²) < 4.78 is 0. The van der Waals surface area contributed by atoms with Gasteiger partial charge in [0, 0.05) is 12.0 Å². The van der Waals surface area contributed by atoms with Crippen molar-refractivity contribution in [2.45, 2.75) is 26.3 Å². The summed E-state index contributed by atoms with van der Waals surface area (Å²) in [6.07, 6.45) is 1.54. The molecule has 0 atom stereocenters. The van der Waals surface area contributed by atoms with E-state index in [1.807, 2.05) is 49.4 Å². The Hall–Kier alpha value is -4.30. The van der Waals surface area contributed by atoms with E-state index in [9.17, 15) is 4.79 Å². The van der Waals surface area contributed by atoms with Gasteiger partial charge in [-0.1, -0.05) is 54.6 Å². The molecule has 1 heterocycles. The first-order valence-electron chi connectivity index (χ1n) is 11.0. The molecule has 1 aromatic heterocycles. The third kappa shape index (κ3) is 5.93. The predicted molar refractivity (Wildman–Crippen MR) is 134 cm³/mol. The van der Waals surface area contributed by atoms with Gasteiger partial charge in [0.2, 0.25) is 5.95 Å². The third-order valence-corrected chi connectivity index (χ3v) is 5.30. The Labute approximate surface area is 198 Å². The standard InChI is InChI=1S/C26H27N7O/c1-18-29-24(16-13-19-7-3-2-4-8-19)32-26(30-18)33(28)17-20-11-14-21(15-12-20)25(34)31-23-10-6-5-9-22(23)27/h2-12,14-15H,13,16-17,27-28H2,1H3,(H,31,34). The SMILES string of the molecule is Cc1nc(CCc2ccccc2)nc(N(N)Cc2ccc(C(=O)Nc3ccccc3N)cc2)n1. The minimum Gasteiger partial charge on any atom is -0.397 e. The zero-order valence-electron chi connectivity index (χ0n) is 19.0. The van der Waals surface area contributed by atoms with Crippen molar-refractivity contribution in [2.24, 2.45) is 5.84 Å². The second-order valence-electron chi connectivity index (χ2n) is 7.95. The van der Waals surface area contributed by atoms with E-state index in [2.05, 4.69) is 32.4 Å². The molecule has 4 rings (SSSR count). The van der Waals surface area contributed by atoms with E-state index in [-0.39, 0.29) is 5.91 Å². The van der Waals surface area contributed by atoms with Crippen LogP contribution in [-0.2, 0) is 19.4 Å². The van der Waals surface area contributed by atoms with Gasteiger partial charge < -0.3 is 11.1 Å². The number of nitrogens with one attached hydrogen (secondary N) is 1. The van der Waals surface area contributed by atoms with Crippen LogP contribution in [0.2, 0.25) is 0 Å².